The topological polar surface area (TPSA) is 89.7 Å². The fourth-order valence-electron chi connectivity index (χ4n) is 2.28. The number of carbonyl (C=O) groups excluding carboxylic acids is 3. The number of carbonyl (C=O) groups is 3. The number of nitrogens with zero attached hydrogens (tertiary/aromatic N) is 2. The summed E-state index contributed by atoms with van der Waals surface area (Å²) in [7, 11) is 0. The molecule has 0 unspecified atom stereocenters. The number of aromatic nitrogens is 1. The van der Waals surface area contributed by atoms with Crippen molar-refractivity contribution in [2.24, 2.45) is 0 Å². The summed E-state index contributed by atoms with van der Waals surface area (Å²) in [5.41, 5.74) is 1.59. The van der Waals surface area contributed by atoms with Crippen LogP contribution < -0.4 is 0 Å². The second-order valence-corrected chi connectivity index (χ2v) is 4.89. The van der Waals surface area contributed by atoms with E-state index < -0.39 is 17.8 Å². The average molecular weight is 300 g/mol. The van der Waals surface area contributed by atoms with Crippen molar-refractivity contribution in [3.05, 3.63) is 52.4 Å². The van der Waals surface area contributed by atoms with E-state index in [0.29, 0.717) is 22.1 Å². The predicted molar refractivity (Wildman–Crippen MR) is 72.7 cm³/mol. The lowest BCUT2D eigenvalue weighted by molar-refractivity contribution is -0.167. The van der Waals surface area contributed by atoms with Crippen molar-refractivity contribution in [1.82, 2.24) is 10.2 Å². The van der Waals surface area contributed by atoms with E-state index in [1.54, 1.807) is 26.0 Å². The van der Waals surface area contributed by atoms with Crippen LogP contribution in [0.2, 0.25) is 0 Å². The molecule has 2 amide bonds. The highest BCUT2D eigenvalue weighted by atomic mass is 16.7. The van der Waals surface area contributed by atoms with Gasteiger partial charge in [-0.25, -0.2) is 4.79 Å². The lowest BCUT2D eigenvalue weighted by atomic mass is 10.1. The largest absolute Gasteiger partial charge is 0.361 e. The van der Waals surface area contributed by atoms with Gasteiger partial charge in [-0.15, -0.1) is 0 Å². The van der Waals surface area contributed by atoms with Gasteiger partial charge in [0.1, 0.15) is 5.76 Å². The van der Waals surface area contributed by atoms with E-state index in [1.807, 2.05) is 0 Å². The van der Waals surface area contributed by atoms with E-state index in [-0.39, 0.29) is 17.5 Å². The summed E-state index contributed by atoms with van der Waals surface area (Å²) < 4.78 is 4.95. The molecule has 7 heteroatoms. The Bertz CT molecular complexity index is 738. The summed E-state index contributed by atoms with van der Waals surface area (Å²) in [5, 5.41) is 4.22. The molecule has 0 spiro atoms. The van der Waals surface area contributed by atoms with Gasteiger partial charge >= 0.3 is 5.97 Å². The Hall–Kier alpha value is -2.96. The third kappa shape index (κ3) is 2.16. The maximum Gasteiger partial charge on any atom is 0.337 e. The molecule has 0 saturated heterocycles. The Morgan fingerprint density at radius 3 is 2.27 bits per heavy atom. The molecule has 0 radical (unpaired) electrons. The highest BCUT2D eigenvalue weighted by Gasteiger charge is 2.38. The number of benzene rings is 1. The fraction of sp³-hybridized carbons (Fsp3) is 0.200. The summed E-state index contributed by atoms with van der Waals surface area (Å²) in [6.07, 6.45) is -0.130. The number of hydrogen-bond donors (Lipinski definition) is 0. The van der Waals surface area contributed by atoms with Crippen molar-refractivity contribution >= 4 is 17.8 Å². The molecule has 1 aliphatic rings. The molecule has 0 fully saturated rings. The highest BCUT2D eigenvalue weighted by Crippen LogP contribution is 2.23. The van der Waals surface area contributed by atoms with Crippen molar-refractivity contribution in [2.75, 3.05) is 0 Å². The molecule has 0 aliphatic carbocycles. The van der Waals surface area contributed by atoms with Gasteiger partial charge in [0.25, 0.3) is 11.8 Å². The Labute approximate surface area is 125 Å². The summed E-state index contributed by atoms with van der Waals surface area (Å²) in [6, 6.07) is 6.30. The molecule has 0 atom stereocenters. The van der Waals surface area contributed by atoms with Gasteiger partial charge in [0, 0.05) is 5.56 Å². The van der Waals surface area contributed by atoms with Gasteiger partial charge < -0.3 is 9.36 Å². The molecule has 0 bridgehead atoms. The number of amides is 2. The number of rotatable bonds is 3. The number of aryl methyl sites for hydroxylation is 2. The predicted octanol–water partition coefficient (Wildman–Crippen LogP) is 1.59. The highest BCUT2D eigenvalue weighted by molar-refractivity contribution is 6.20. The molecule has 1 aromatic heterocycles. The van der Waals surface area contributed by atoms with Crippen LogP contribution >= 0.6 is 0 Å². The van der Waals surface area contributed by atoms with Gasteiger partial charge in [0.05, 0.1) is 23.2 Å². The maximum atomic E-state index is 12.1. The smallest absolute Gasteiger partial charge is 0.337 e. The second-order valence-electron chi connectivity index (χ2n) is 4.89. The first-order chi connectivity index (χ1) is 10.5. The minimum Gasteiger partial charge on any atom is -0.361 e. The minimum absolute atomic E-state index is 0.130. The summed E-state index contributed by atoms with van der Waals surface area (Å²) in [5.74, 6) is -1.53. The summed E-state index contributed by atoms with van der Waals surface area (Å²) in [4.78, 5) is 41.1. The summed E-state index contributed by atoms with van der Waals surface area (Å²) >= 11 is 0. The van der Waals surface area contributed by atoms with E-state index in [1.165, 1.54) is 12.1 Å². The van der Waals surface area contributed by atoms with Gasteiger partial charge in [0.15, 0.2) is 0 Å². The standard InChI is InChI=1S/C15H12N2O5/c1-8-12(9(2)21-16-8)7-13(18)22-17-14(19)10-5-3-4-6-11(10)15(17)20/h3-6H,7H2,1-2H3. The Balaban J connectivity index is 1.76. The van der Waals surface area contributed by atoms with Crippen LogP contribution in [0.3, 0.4) is 0 Å². The van der Waals surface area contributed by atoms with Gasteiger partial charge in [0.2, 0.25) is 0 Å². The Morgan fingerprint density at radius 1 is 1.18 bits per heavy atom. The van der Waals surface area contributed by atoms with Gasteiger partial charge in [-0.2, -0.15) is 0 Å². The lowest BCUT2D eigenvalue weighted by Crippen LogP contribution is -2.33. The van der Waals surface area contributed by atoms with Crippen LogP contribution in [0.5, 0.6) is 0 Å². The van der Waals surface area contributed by atoms with Crippen molar-refractivity contribution < 1.29 is 23.7 Å². The van der Waals surface area contributed by atoms with Gasteiger partial charge in [-0.1, -0.05) is 22.4 Å². The van der Waals surface area contributed by atoms with Crippen LogP contribution in [-0.4, -0.2) is 28.0 Å². The van der Waals surface area contributed by atoms with Crippen molar-refractivity contribution in [1.29, 1.82) is 0 Å². The molecule has 7 nitrogen and oxygen atoms in total. The van der Waals surface area contributed by atoms with Crippen molar-refractivity contribution in [3.63, 3.8) is 0 Å². The Kier molecular flexibility index (Phi) is 3.25. The zero-order chi connectivity index (χ0) is 15.9. The molecule has 0 N–H and O–H groups in total. The number of imide groups is 1. The average Bonchev–Trinajstić information content (AvgIpc) is 2.94. The van der Waals surface area contributed by atoms with E-state index in [0.717, 1.165) is 0 Å². The molecule has 1 aliphatic heterocycles. The second kappa shape index (κ2) is 5.10. The van der Waals surface area contributed by atoms with Crippen LogP contribution in [0, 0.1) is 13.8 Å². The first kappa shape index (κ1) is 14.0. The van der Waals surface area contributed by atoms with Crippen molar-refractivity contribution in [2.45, 2.75) is 20.3 Å². The van der Waals surface area contributed by atoms with E-state index in [4.69, 9.17) is 9.36 Å². The van der Waals surface area contributed by atoms with Gasteiger partial charge in [-0.05, 0) is 26.0 Å². The molecule has 22 heavy (non-hydrogen) atoms. The van der Waals surface area contributed by atoms with Crippen LogP contribution in [0.1, 0.15) is 37.7 Å². The fourth-order valence-corrected chi connectivity index (χ4v) is 2.28. The molecular weight excluding hydrogens is 288 g/mol. The zero-order valence-electron chi connectivity index (χ0n) is 12.0. The van der Waals surface area contributed by atoms with Gasteiger partial charge in [-0.3, -0.25) is 9.59 Å². The monoisotopic (exact) mass is 300 g/mol. The first-order valence-corrected chi connectivity index (χ1v) is 6.59. The molecular formula is C15H12N2O5. The Morgan fingerprint density at radius 2 is 1.77 bits per heavy atom. The van der Waals surface area contributed by atoms with Crippen molar-refractivity contribution in [3.8, 4) is 0 Å². The van der Waals surface area contributed by atoms with E-state index in [2.05, 4.69) is 5.16 Å². The van der Waals surface area contributed by atoms with Crippen LogP contribution in [0.25, 0.3) is 0 Å². The molecule has 112 valence electrons. The lowest BCUT2D eigenvalue weighted by Gasteiger charge is -2.12. The number of hydroxylamine groups is 2. The quantitative estimate of drug-likeness (QED) is 0.800. The third-order valence-electron chi connectivity index (χ3n) is 3.45. The summed E-state index contributed by atoms with van der Waals surface area (Å²) in [6.45, 7) is 3.37. The SMILES string of the molecule is Cc1noc(C)c1CC(=O)ON1C(=O)c2ccccc2C1=O. The number of hydrogen-bond acceptors (Lipinski definition) is 6. The minimum atomic E-state index is -0.732. The maximum absolute atomic E-state index is 12.1. The van der Waals surface area contributed by atoms with E-state index in [9.17, 15) is 14.4 Å². The third-order valence-corrected chi connectivity index (χ3v) is 3.45. The molecule has 2 heterocycles. The van der Waals surface area contributed by atoms with Crippen LogP contribution in [0.15, 0.2) is 28.8 Å². The van der Waals surface area contributed by atoms with Crippen LogP contribution in [-0.2, 0) is 16.1 Å². The van der Waals surface area contributed by atoms with E-state index >= 15 is 0 Å². The molecule has 2 aromatic rings. The molecule has 0 saturated carbocycles. The van der Waals surface area contributed by atoms with Crippen LogP contribution in [0.4, 0.5) is 0 Å². The molecule has 1 aromatic carbocycles. The zero-order valence-corrected chi connectivity index (χ0v) is 12.0. The first-order valence-electron chi connectivity index (χ1n) is 6.59. The normalized spacial score (nSPS) is 13.5. The molecule has 3 rings (SSSR count). The number of fused-ring (bicyclic) bond motifs is 1.